The number of carbonyl (C=O) groups is 2. The largest absolute Gasteiger partial charge is 0.484 e. The molecule has 0 spiro atoms. The summed E-state index contributed by atoms with van der Waals surface area (Å²) in [6.45, 7) is -0.0178. The monoisotopic (exact) mass is 370 g/mol. The average molecular weight is 370 g/mol. The van der Waals surface area contributed by atoms with E-state index in [1.807, 2.05) is 24.1 Å². The van der Waals surface area contributed by atoms with Crippen molar-refractivity contribution in [3.8, 4) is 5.75 Å². The molecule has 5 nitrogen and oxygen atoms in total. The van der Waals surface area contributed by atoms with Crippen molar-refractivity contribution >= 4 is 11.8 Å². The summed E-state index contributed by atoms with van der Waals surface area (Å²) in [5, 5.41) is 0. The maximum Gasteiger partial charge on any atom is 0.259 e. The molecule has 0 unspecified atom stereocenters. The normalized spacial score (nSPS) is 30.9. The maximum atomic E-state index is 13.2. The zero-order valence-electron chi connectivity index (χ0n) is 16.6. The van der Waals surface area contributed by atoms with Gasteiger partial charge in [-0.15, -0.1) is 0 Å². The quantitative estimate of drug-likeness (QED) is 0.800. The van der Waals surface area contributed by atoms with E-state index in [1.165, 1.54) is 37.0 Å². The lowest BCUT2D eigenvalue weighted by atomic mass is 9.54. The standard InChI is InChI=1S/C22H30N2O3/c1-23(2)20(25)13-27-19-6-4-5-16(12-19)22(26)24(3)21-17-8-14-7-15(10-17)11-18(21)9-14/h4-6,12,14-15,17-18,21H,7-11,13H2,1-3H3. The van der Waals surface area contributed by atoms with Crippen molar-refractivity contribution in [2.24, 2.45) is 23.7 Å². The smallest absolute Gasteiger partial charge is 0.259 e. The first-order chi connectivity index (χ1) is 12.9. The molecule has 27 heavy (non-hydrogen) atoms. The number of amides is 2. The highest BCUT2D eigenvalue weighted by Crippen LogP contribution is 2.55. The third-order valence-corrected chi connectivity index (χ3v) is 6.89. The van der Waals surface area contributed by atoms with E-state index in [1.54, 1.807) is 26.2 Å². The SMILES string of the molecule is CN(C)C(=O)COc1cccc(C(=O)N(C)C2C3CC4CC(C3)CC2C4)c1. The Morgan fingerprint density at radius 3 is 2.22 bits per heavy atom. The second-order valence-corrected chi connectivity index (χ2v) is 8.94. The lowest BCUT2D eigenvalue weighted by Gasteiger charge is -2.56. The average Bonchev–Trinajstić information content (AvgIpc) is 2.64. The van der Waals surface area contributed by atoms with Crippen molar-refractivity contribution in [1.29, 1.82) is 0 Å². The van der Waals surface area contributed by atoms with Gasteiger partial charge in [0.25, 0.3) is 11.8 Å². The fourth-order valence-electron chi connectivity index (χ4n) is 5.86. The zero-order valence-corrected chi connectivity index (χ0v) is 16.6. The Bertz CT molecular complexity index is 702. The Labute approximate surface area is 161 Å². The van der Waals surface area contributed by atoms with E-state index in [-0.39, 0.29) is 18.4 Å². The van der Waals surface area contributed by atoms with Crippen LogP contribution in [0.15, 0.2) is 24.3 Å². The Hall–Kier alpha value is -2.04. The van der Waals surface area contributed by atoms with Gasteiger partial charge in [0.1, 0.15) is 5.75 Å². The van der Waals surface area contributed by atoms with E-state index in [0.29, 0.717) is 29.2 Å². The van der Waals surface area contributed by atoms with Crippen molar-refractivity contribution < 1.29 is 14.3 Å². The van der Waals surface area contributed by atoms with Crippen molar-refractivity contribution in [3.63, 3.8) is 0 Å². The maximum absolute atomic E-state index is 13.2. The number of nitrogens with zero attached hydrogens (tertiary/aromatic N) is 2. The fraction of sp³-hybridized carbons (Fsp3) is 0.636. The van der Waals surface area contributed by atoms with Crippen LogP contribution in [0.1, 0.15) is 42.5 Å². The summed E-state index contributed by atoms with van der Waals surface area (Å²) in [6, 6.07) is 7.61. The zero-order chi connectivity index (χ0) is 19.1. The fourth-order valence-corrected chi connectivity index (χ4v) is 5.86. The van der Waals surface area contributed by atoms with Gasteiger partial charge in [0.05, 0.1) is 0 Å². The number of hydrogen-bond acceptors (Lipinski definition) is 3. The van der Waals surface area contributed by atoms with E-state index >= 15 is 0 Å². The first kappa shape index (κ1) is 18.3. The lowest BCUT2D eigenvalue weighted by molar-refractivity contribution is -0.130. The minimum Gasteiger partial charge on any atom is -0.484 e. The topological polar surface area (TPSA) is 49.9 Å². The number of benzene rings is 1. The highest BCUT2D eigenvalue weighted by Gasteiger charge is 2.50. The summed E-state index contributed by atoms with van der Waals surface area (Å²) < 4.78 is 5.58. The van der Waals surface area contributed by atoms with E-state index in [0.717, 1.165) is 11.8 Å². The molecule has 4 saturated carbocycles. The Kier molecular flexibility index (Phi) is 4.87. The minimum atomic E-state index is -0.0996. The van der Waals surface area contributed by atoms with E-state index in [9.17, 15) is 9.59 Å². The van der Waals surface area contributed by atoms with Crippen LogP contribution < -0.4 is 4.74 Å². The van der Waals surface area contributed by atoms with Gasteiger partial charge in [-0.3, -0.25) is 9.59 Å². The van der Waals surface area contributed by atoms with Crippen LogP contribution in [0.5, 0.6) is 5.75 Å². The predicted molar refractivity (Wildman–Crippen MR) is 104 cm³/mol. The van der Waals surface area contributed by atoms with Crippen LogP contribution in [0.4, 0.5) is 0 Å². The van der Waals surface area contributed by atoms with Gasteiger partial charge < -0.3 is 14.5 Å². The van der Waals surface area contributed by atoms with Gasteiger partial charge in [-0.25, -0.2) is 0 Å². The molecule has 4 fully saturated rings. The van der Waals surface area contributed by atoms with Crippen molar-refractivity contribution in [3.05, 3.63) is 29.8 Å². The third-order valence-electron chi connectivity index (χ3n) is 6.89. The molecule has 0 saturated heterocycles. The molecule has 146 valence electrons. The molecule has 1 aromatic rings. The number of ether oxygens (including phenoxy) is 1. The van der Waals surface area contributed by atoms with Gasteiger partial charge in [-0.05, 0) is 74.0 Å². The molecular formula is C22H30N2O3. The first-order valence-corrected chi connectivity index (χ1v) is 10.1. The predicted octanol–water partition coefficient (Wildman–Crippen LogP) is 3.05. The van der Waals surface area contributed by atoms with E-state index < -0.39 is 0 Å². The summed E-state index contributed by atoms with van der Waals surface area (Å²) in [5.41, 5.74) is 0.640. The second kappa shape index (κ2) is 7.17. The molecule has 0 heterocycles. The highest BCUT2D eigenvalue weighted by atomic mass is 16.5. The third kappa shape index (κ3) is 3.56. The summed E-state index contributed by atoms with van der Waals surface area (Å²) in [5.74, 6) is 3.68. The van der Waals surface area contributed by atoms with E-state index in [2.05, 4.69) is 0 Å². The second-order valence-electron chi connectivity index (χ2n) is 8.94. The number of hydrogen-bond donors (Lipinski definition) is 0. The Morgan fingerprint density at radius 1 is 1.00 bits per heavy atom. The van der Waals surface area contributed by atoms with Gasteiger partial charge in [0.2, 0.25) is 0 Å². The van der Waals surface area contributed by atoms with Gasteiger partial charge in [0.15, 0.2) is 6.61 Å². The van der Waals surface area contributed by atoms with Gasteiger partial charge in [-0.1, -0.05) is 6.07 Å². The molecule has 5 heteroatoms. The minimum absolute atomic E-state index is 0.0178. The van der Waals surface area contributed by atoms with Crippen LogP contribution in [-0.2, 0) is 4.79 Å². The van der Waals surface area contributed by atoms with Crippen LogP contribution in [0.3, 0.4) is 0 Å². The molecule has 4 aliphatic carbocycles. The number of likely N-dealkylation sites (N-methyl/N-ethyl adjacent to an activating group) is 1. The van der Waals surface area contributed by atoms with Gasteiger partial charge in [-0.2, -0.15) is 0 Å². The van der Waals surface area contributed by atoms with Crippen LogP contribution in [0.2, 0.25) is 0 Å². The van der Waals surface area contributed by atoms with Gasteiger partial charge in [0, 0.05) is 32.7 Å². The molecule has 0 radical (unpaired) electrons. The van der Waals surface area contributed by atoms with Crippen LogP contribution >= 0.6 is 0 Å². The molecule has 0 atom stereocenters. The highest BCUT2D eigenvalue weighted by molar-refractivity contribution is 5.94. The van der Waals surface area contributed by atoms with Crippen molar-refractivity contribution in [2.45, 2.75) is 38.1 Å². The molecule has 0 N–H and O–H groups in total. The molecule has 0 aliphatic heterocycles. The molecule has 4 aliphatic rings. The summed E-state index contributed by atoms with van der Waals surface area (Å²) >= 11 is 0. The molecule has 2 amide bonds. The van der Waals surface area contributed by atoms with Crippen LogP contribution in [-0.4, -0.2) is 55.4 Å². The molecular weight excluding hydrogens is 340 g/mol. The molecule has 4 bridgehead atoms. The Morgan fingerprint density at radius 2 is 1.63 bits per heavy atom. The van der Waals surface area contributed by atoms with Gasteiger partial charge >= 0.3 is 0 Å². The molecule has 0 aromatic heterocycles. The lowest BCUT2D eigenvalue weighted by Crippen LogP contribution is -2.56. The number of rotatable bonds is 5. The van der Waals surface area contributed by atoms with E-state index in [4.69, 9.17) is 4.74 Å². The van der Waals surface area contributed by atoms with Crippen LogP contribution in [0, 0.1) is 23.7 Å². The van der Waals surface area contributed by atoms with Crippen molar-refractivity contribution in [1.82, 2.24) is 9.80 Å². The van der Waals surface area contributed by atoms with Crippen molar-refractivity contribution in [2.75, 3.05) is 27.7 Å². The Balaban J connectivity index is 1.45. The number of carbonyl (C=O) groups excluding carboxylic acids is 2. The molecule has 1 aromatic carbocycles. The summed E-state index contributed by atoms with van der Waals surface area (Å²) in [6.07, 6.45) is 6.61. The first-order valence-electron chi connectivity index (χ1n) is 10.1. The molecule has 5 rings (SSSR count). The van der Waals surface area contributed by atoms with Crippen LogP contribution in [0.25, 0.3) is 0 Å². The summed E-state index contributed by atoms with van der Waals surface area (Å²) in [4.78, 5) is 28.4. The summed E-state index contributed by atoms with van der Waals surface area (Å²) in [7, 11) is 5.37.